The van der Waals surface area contributed by atoms with E-state index in [-0.39, 0.29) is 11.5 Å². The van der Waals surface area contributed by atoms with Crippen molar-refractivity contribution in [2.75, 3.05) is 6.73 Å². The third kappa shape index (κ3) is 2.82. The molecule has 2 aliphatic rings. The molecule has 0 radical (unpaired) electrons. The Labute approximate surface area is 162 Å². The largest absolute Gasteiger partial charge is 0.478 e. The first-order valence-corrected chi connectivity index (χ1v) is 9.13. The lowest BCUT2D eigenvalue weighted by molar-refractivity contribution is 0.0809. The van der Waals surface area contributed by atoms with Crippen molar-refractivity contribution in [1.29, 1.82) is 0 Å². The van der Waals surface area contributed by atoms with Crippen molar-refractivity contribution >= 4 is 11.9 Å². The predicted octanol–water partition coefficient (Wildman–Crippen LogP) is 4.46. The fourth-order valence-electron chi connectivity index (χ4n) is 3.66. The lowest BCUT2D eigenvalue weighted by atomic mass is 9.99. The maximum atomic E-state index is 12.9. The topological polar surface area (TPSA) is 65.1 Å². The minimum atomic E-state index is -0.132. The fourth-order valence-corrected chi connectivity index (χ4v) is 3.66. The van der Waals surface area contributed by atoms with E-state index in [0.29, 0.717) is 36.9 Å². The van der Waals surface area contributed by atoms with Gasteiger partial charge in [0.15, 0.2) is 5.76 Å². The molecule has 0 saturated carbocycles. The molecule has 0 atom stereocenters. The van der Waals surface area contributed by atoms with Crippen LogP contribution in [0.5, 0.6) is 11.5 Å². The van der Waals surface area contributed by atoms with Crippen LogP contribution < -0.4 is 9.47 Å². The zero-order valence-corrected chi connectivity index (χ0v) is 15.7. The summed E-state index contributed by atoms with van der Waals surface area (Å²) in [5.41, 5.74) is 2.32. The fraction of sp³-hybridized carbons (Fsp3) is 0.227. The molecule has 0 amide bonds. The SMILES string of the molecule is Cc1ccc(/C=C2\Oc3c4c(cc(C)c3C2=O)OCN(Cc2ccco2)C4)o1. The van der Waals surface area contributed by atoms with Crippen LogP contribution in [0, 0.1) is 13.8 Å². The van der Waals surface area contributed by atoms with Gasteiger partial charge in [-0.05, 0) is 49.7 Å². The number of ether oxygens (including phenoxy) is 2. The van der Waals surface area contributed by atoms with Crippen molar-refractivity contribution in [3.63, 3.8) is 0 Å². The summed E-state index contributed by atoms with van der Waals surface area (Å²) in [6, 6.07) is 9.39. The molecular formula is C22H19NO5. The molecule has 28 heavy (non-hydrogen) atoms. The Bertz CT molecular complexity index is 1090. The minimum absolute atomic E-state index is 0.132. The number of Topliss-reactive ketones (excluding diaryl/α,β-unsaturated/α-hetero) is 1. The smallest absolute Gasteiger partial charge is 0.232 e. The summed E-state index contributed by atoms with van der Waals surface area (Å²) in [5.74, 6) is 3.72. The number of rotatable bonds is 3. The molecule has 4 heterocycles. The first-order valence-electron chi connectivity index (χ1n) is 9.13. The van der Waals surface area contributed by atoms with Gasteiger partial charge in [0.2, 0.25) is 5.78 Å². The van der Waals surface area contributed by atoms with E-state index >= 15 is 0 Å². The maximum Gasteiger partial charge on any atom is 0.232 e. The molecule has 0 unspecified atom stereocenters. The maximum absolute atomic E-state index is 12.9. The highest BCUT2D eigenvalue weighted by Gasteiger charge is 2.35. The summed E-state index contributed by atoms with van der Waals surface area (Å²) in [6.45, 7) is 5.45. The standard InChI is InChI=1S/C22H19NO5/c1-13-8-18-17(11-23(12-26-18)10-16-4-3-7-25-16)22-20(13)21(24)19(28-22)9-15-6-5-14(2)27-15/h3-9H,10-12H2,1-2H3/b19-9-. The monoisotopic (exact) mass is 377 g/mol. The van der Waals surface area contributed by atoms with Crippen molar-refractivity contribution in [1.82, 2.24) is 4.90 Å². The van der Waals surface area contributed by atoms with E-state index in [1.807, 2.05) is 44.2 Å². The van der Waals surface area contributed by atoms with Crippen LogP contribution in [0.25, 0.3) is 6.08 Å². The molecule has 6 nitrogen and oxygen atoms in total. The molecule has 0 saturated heterocycles. The molecule has 142 valence electrons. The van der Waals surface area contributed by atoms with Crippen LogP contribution in [0.2, 0.25) is 0 Å². The number of allylic oxidation sites excluding steroid dienone is 1. The van der Waals surface area contributed by atoms with Gasteiger partial charge >= 0.3 is 0 Å². The number of carbonyl (C=O) groups is 1. The molecule has 5 rings (SSSR count). The average Bonchev–Trinajstić information content (AvgIpc) is 3.39. The lowest BCUT2D eigenvalue weighted by Crippen LogP contribution is -2.31. The Morgan fingerprint density at radius 2 is 2.11 bits per heavy atom. The summed E-state index contributed by atoms with van der Waals surface area (Å²) in [6.07, 6.45) is 3.30. The number of hydrogen-bond donors (Lipinski definition) is 0. The molecule has 0 bridgehead atoms. The highest BCUT2D eigenvalue weighted by molar-refractivity contribution is 6.15. The van der Waals surface area contributed by atoms with Gasteiger partial charge in [0.1, 0.15) is 35.5 Å². The molecule has 3 aromatic rings. The quantitative estimate of drug-likeness (QED) is 0.628. The summed E-state index contributed by atoms with van der Waals surface area (Å²) in [5, 5.41) is 0. The van der Waals surface area contributed by atoms with Crippen LogP contribution in [0.1, 0.15) is 38.8 Å². The number of carbonyl (C=O) groups excluding carboxylic acids is 1. The summed E-state index contributed by atoms with van der Waals surface area (Å²) in [4.78, 5) is 15.0. The van der Waals surface area contributed by atoms with Gasteiger partial charge in [-0.3, -0.25) is 9.69 Å². The lowest BCUT2D eigenvalue weighted by Gasteiger charge is -2.29. The van der Waals surface area contributed by atoms with Crippen LogP contribution >= 0.6 is 0 Å². The van der Waals surface area contributed by atoms with Gasteiger partial charge in [-0.1, -0.05) is 0 Å². The molecule has 2 aromatic heterocycles. The van der Waals surface area contributed by atoms with Crippen molar-refractivity contribution in [2.45, 2.75) is 26.9 Å². The molecule has 6 heteroatoms. The van der Waals surface area contributed by atoms with Crippen LogP contribution in [0.4, 0.5) is 0 Å². The van der Waals surface area contributed by atoms with E-state index < -0.39 is 0 Å². The van der Waals surface area contributed by atoms with Crippen LogP contribution in [0.15, 0.2) is 51.2 Å². The molecule has 0 spiro atoms. The van der Waals surface area contributed by atoms with E-state index in [9.17, 15) is 4.79 Å². The second-order valence-corrected chi connectivity index (χ2v) is 7.10. The number of fused-ring (bicyclic) bond motifs is 3. The number of benzene rings is 1. The van der Waals surface area contributed by atoms with Gasteiger partial charge in [-0.25, -0.2) is 0 Å². The number of aryl methyl sites for hydroxylation is 2. The Morgan fingerprint density at radius 3 is 2.86 bits per heavy atom. The molecule has 0 N–H and O–H groups in total. The number of furan rings is 2. The molecule has 0 fully saturated rings. The number of hydrogen-bond acceptors (Lipinski definition) is 6. The normalized spacial score (nSPS) is 17.4. The average molecular weight is 377 g/mol. The Balaban J connectivity index is 1.49. The first kappa shape index (κ1) is 16.9. The first-order chi connectivity index (χ1) is 13.6. The Hall–Kier alpha value is -3.25. The van der Waals surface area contributed by atoms with Gasteiger partial charge < -0.3 is 18.3 Å². The number of ketones is 1. The molecule has 1 aromatic carbocycles. The summed E-state index contributed by atoms with van der Waals surface area (Å²) in [7, 11) is 0. The second-order valence-electron chi connectivity index (χ2n) is 7.10. The van der Waals surface area contributed by atoms with Crippen molar-refractivity contribution in [2.24, 2.45) is 0 Å². The third-order valence-electron chi connectivity index (χ3n) is 4.98. The van der Waals surface area contributed by atoms with E-state index in [2.05, 4.69) is 4.90 Å². The highest BCUT2D eigenvalue weighted by Crippen LogP contribution is 2.44. The molecular weight excluding hydrogens is 358 g/mol. The van der Waals surface area contributed by atoms with Crippen LogP contribution in [-0.4, -0.2) is 17.4 Å². The van der Waals surface area contributed by atoms with Crippen LogP contribution in [-0.2, 0) is 13.1 Å². The van der Waals surface area contributed by atoms with E-state index in [4.69, 9.17) is 18.3 Å². The van der Waals surface area contributed by atoms with Gasteiger partial charge in [-0.15, -0.1) is 0 Å². The van der Waals surface area contributed by atoms with Gasteiger partial charge in [-0.2, -0.15) is 0 Å². The van der Waals surface area contributed by atoms with E-state index in [1.54, 1.807) is 12.3 Å². The predicted molar refractivity (Wildman–Crippen MR) is 101 cm³/mol. The second kappa shape index (κ2) is 6.42. The van der Waals surface area contributed by atoms with Gasteiger partial charge in [0, 0.05) is 12.6 Å². The number of nitrogens with zero attached hydrogens (tertiary/aromatic N) is 1. The zero-order chi connectivity index (χ0) is 19.3. The Morgan fingerprint density at radius 1 is 1.21 bits per heavy atom. The molecule has 2 aliphatic heterocycles. The minimum Gasteiger partial charge on any atom is -0.478 e. The van der Waals surface area contributed by atoms with E-state index in [0.717, 1.165) is 28.4 Å². The Kier molecular flexibility index (Phi) is 3.87. The van der Waals surface area contributed by atoms with Crippen molar-refractivity contribution in [3.05, 3.63) is 76.3 Å². The zero-order valence-electron chi connectivity index (χ0n) is 15.7. The van der Waals surface area contributed by atoms with Gasteiger partial charge in [0.05, 0.1) is 23.9 Å². The summed E-state index contributed by atoms with van der Waals surface area (Å²) >= 11 is 0. The van der Waals surface area contributed by atoms with Crippen LogP contribution in [0.3, 0.4) is 0 Å². The third-order valence-corrected chi connectivity index (χ3v) is 4.98. The van der Waals surface area contributed by atoms with Crippen molar-refractivity contribution in [3.8, 4) is 11.5 Å². The molecule has 0 aliphatic carbocycles. The van der Waals surface area contributed by atoms with Crippen molar-refractivity contribution < 1.29 is 23.1 Å². The van der Waals surface area contributed by atoms with Gasteiger partial charge in [0.25, 0.3) is 0 Å². The summed E-state index contributed by atoms with van der Waals surface area (Å²) < 4.78 is 23.0. The highest BCUT2D eigenvalue weighted by atomic mass is 16.5. The van der Waals surface area contributed by atoms with E-state index in [1.165, 1.54) is 0 Å².